The average molecular weight is 551 g/mol. The summed E-state index contributed by atoms with van der Waals surface area (Å²) >= 11 is 3.08. The highest BCUT2D eigenvalue weighted by Gasteiger charge is 2.37. The number of carbonyl (C=O) groups is 1. The van der Waals surface area contributed by atoms with E-state index in [-0.39, 0.29) is 30.8 Å². The van der Waals surface area contributed by atoms with Crippen molar-refractivity contribution in [2.45, 2.75) is 50.5 Å². The van der Waals surface area contributed by atoms with Crippen LogP contribution in [0.15, 0.2) is 30.0 Å². The molecular weight excluding hydrogens is 524 g/mol. The summed E-state index contributed by atoms with van der Waals surface area (Å²) in [4.78, 5) is 24.6. The van der Waals surface area contributed by atoms with Gasteiger partial charge in [0.05, 0.1) is 23.2 Å². The third-order valence-corrected chi connectivity index (χ3v) is 9.48. The summed E-state index contributed by atoms with van der Waals surface area (Å²) in [6, 6.07) is 3.68. The van der Waals surface area contributed by atoms with Gasteiger partial charge in [-0.2, -0.15) is 13.1 Å². The van der Waals surface area contributed by atoms with Crippen molar-refractivity contribution in [1.29, 1.82) is 0 Å². The van der Waals surface area contributed by atoms with Crippen LogP contribution < -0.4 is 10.0 Å². The number of aromatic nitrogens is 2. The number of aliphatic hydroxyl groups excluding tert-OH is 1. The Labute approximate surface area is 217 Å². The van der Waals surface area contributed by atoms with Gasteiger partial charge in [0.2, 0.25) is 5.78 Å². The van der Waals surface area contributed by atoms with Gasteiger partial charge >= 0.3 is 10.3 Å². The predicted octanol–water partition coefficient (Wildman–Crippen LogP) is 2.59. The second-order valence-corrected chi connectivity index (χ2v) is 12.4. The molecule has 192 valence electrons. The van der Waals surface area contributed by atoms with Gasteiger partial charge in [0.25, 0.3) is 0 Å². The Bertz CT molecular complexity index is 1370. The highest BCUT2D eigenvalue weighted by Crippen LogP contribution is 2.40. The number of rotatable bonds is 8. The molecule has 0 aromatic carbocycles. The topological polar surface area (TPSA) is 140 Å². The van der Waals surface area contributed by atoms with Crippen LogP contribution in [-0.2, 0) is 25.6 Å². The van der Waals surface area contributed by atoms with E-state index in [1.807, 2.05) is 13.0 Å². The van der Waals surface area contributed by atoms with Crippen molar-refractivity contribution in [3.8, 4) is 0 Å². The molecule has 1 aliphatic heterocycles. The number of hydrogen-bond acceptors (Lipinski definition) is 11. The van der Waals surface area contributed by atoms with Crippen LogP contribution in [0.4, 0.5) is 5.82 Å². The van der Waals surface area contributed by atoms with Gasteiger partial charge in [0.1, 0.15) is 24.4 Å². The third kappa shape index (κ3) is 5.09. The summed E-state index contributed by atoms with van der Waals surface area (Å²) in [6.45, 7) is 2.63. The van der Waals surface area contributed by atoms with Gasteiger partial charge in [-0.05, 0) is 49.3 Å². The molecule has 3 aromatic rings. The molecule has 3 N–H and O–H groups in total. The number of anilines is 1. The van der Waals surface area contributed by atoms with Crippen LogP contribution in [0.5, 0.6) is 0 Å². The number of fused-ring (bicyclic) bond motifs is 1. The monoisotopic (exact) mass is 550 g/mol. The minimum Gasteiger partial charge on any atom is -0.390 e. The molecule has 10 nitrogen and oxygen atoms in total. The van der Waals surface area contributed by atoms with Crippen molar-refractivity contribution in [2.24, 2.45) is 0 Å². The van der Waals surface area contributed by atoms with Crippen molar-refractivity contribution in [3.05, 3.63) is 61.4 Å². The molecule has 1 saturated carbocycles. The molecule has 4 heterocycles. The summed E-state index contributed by atoms with van der Waals surface area (Å²) in [7, 11) is -2.70. The molecule has 1 fully saturated rings. The molecule has 13 heteroatoms. The van der Waals surface area contributed by atoms with E-state index in [4.69, 9.17) is 8.92 Å². The SMILES string of the molecule is CNS(=O)(=O)O[C@@H]1C[C@H](Nc2ncncc2C(=O)c2cc([C@H]3OCCc4ccsc43)c(C)s2)C[C@@H]1O. The maximum atomic E-state index is 13.5. The quantitative estimate of drug-likeness (QED) is 0.361. The summed E-state index contributed by atoms with van der Waals surface area (Å²) < 4.78 is 36.6. The maximum absolute atomic E-state index is 13.5. The van der Waals surface area contributed by atoms with Crippen molar-refractivity contribution in [3.63, 3.8) is 0 Å². The Balaban J connectivity index is 1.35. The number of thiophene rings is 2. The van der Waals surface area contributed by atoms with E-state index in [2.05, 4.69) is 31.5 Å². The lowest BCUT2D eigenvalue weighted by atomic mass is 10.0. The Morgan fingerprint density at radius 2 is 2.17 bits per heavy atom. The van der Waals surface area contributed by atoms with Crippen molar-refractivity contribution < 1.29 is 27.2 Å². The molecule has 36 heavy (non-hydrogen) atoms. The van der Waals surface area contributed by atoms with Crippen LogP contribution >= 0.6 is 22.7 Å². The zero-order chi connectivity index (χ0) is 25.4. The fraction of sp³-hybridized carbons (Fsp3) is 0.435. The second-order valence-electron chi connectivity index (χ2n) is 8.72. The Kier molecular flexibility index (Phi) is 7.23. The van der Waals surface area contributed by atoms with Gasteiger partial charge in [0, 0.05) is 34.6 Å². The first-order chi connectivity index (χ1) is 17.3. The smallest absolute Gasteiger partial charge is 0.335 e. The third-order valence-electron chi connectivity index (χ3n) is 6.41. The maximum Gasteiger partial charge on any atom is 0.335 e. The predicted molar refractivity (Wildman–Crippen MR) is 136 cm³/mol. The highest BCUT2D eigenvalue weighted by molar-refractivity contribution is 7.84. The van der Waals surface area contributed by atoms with Crippen LogP contribution in [0.1, 0.15) is 55.1 Å². The van der Waals surface area contributed by atoms with E-state index < -0.39 is 22.5 Å². The van der Waals surface area contributed by atoms with Crippen LogP contribution in [0.3, 0.4) is 0 Å². The van der Waals surface area contributed by atoms with Crippen molar-refractivity contribution >= 4 is 44.6 Å². The number of nitrogens with zero attached hydrogens (tertiary/aromatic N) is 2. The number of aliphatic hydroxyl groups is 1. The Morgan fingerprint density at radius 1 is 1.33 bits per heavy atom. The normalized spacial score (nSPS) is 24.0. The van der Waals surface area contributed by atoms with Crippen LogP contribution in [0.2, 0.25) is 0 Å². The molecule has 1 aliphatic carbocycles. The number of carbonyl (C=O) groups excluding carboxylic acids is 1. The molecule has 2 aliphatic rings. The average Bonchev–Trinajstić information content (AvgIpc) is 3.57. The summed E-state index contributed by atoms with van der Waals surface area (Å²) in [5.41, 5.74) is 2.58. The van der Waals surface area contributed by atoms with E-state index >= 15 is 0 Å². The lowest BCUT2D eigenvalue weighted by Gasteiger charge is -2.23. The molecule has 0 spiro atoms. The first-order valence-electron chi connectivity index (χ1n) is 11.4. The first-order valence-corrected chi connectivity index (χ1v) is 14.6. The minimum absolute atomic E-state index is 0.179. The molecule has 0 unspecified atom stereocenters. The van der Waals surface area contributed by atoms with Gasteiger partial charge in [-0.1, -0.05) is 0 Å². The number of ether oxygens (including phenoxy) is 1. The molecule has 4 atom stereocenters. The van der Waals surface area contributed by atoms with Gasteiger partial charge < -0.3 is 15.2 Å². The van der Waals surface area contributed by atoms with Gasteiger partial charge in [-0.25, -0.2) is 9.97 Å². The first kappa shape index (κ1) is 25.4. The van der Waals surface area contributed by atoms with E-state index in [1.165, 1.54) is 41.3 Å². The molecule has 0 saturated heterocycles. The minimum atomic E-state index is -3.94. The van der Waals surface area contributed by atoms with Gasteiger partial charge in [-0.15, -0.1) is 22.7 Å². The summed E-state index contributed by atoms with van der Waals surface area (Å²) in [5.74, 6) is 0.107. The molecule has 0 bridgehead atoms. The molecular formula is C23H26N4O6S3. The van der Waals surface area contributed by atoms with Crippen LogP contribution in [0.25, 0.3) is 0 Å². The number of ketones is 1. The fourth-order valence-corrected chi connectivity index (χ4v) is 7.24. The zero-order valence-corrected chi connectivity index (χ0v) is 22.1. The lowest BCUT2D eigenvalue weighted by molar-refractivity contribution is 0.0636. The van der Waals surface area contributed by atoms with E-state index in [0.717, 1.165) is 16.9 Å². The molecule has 0 amide bonds. The van der Waals surface area contributed by atoms with E-state index in [1.54, 1.807) is 11.3 Å². The molecule has 0 radical (unpaired) electrons. The van der Waals surface area contributed by atoms with Crippen molar-refractivity contribution in [2.75, 3.05) is 19.0 Å². The van der Waals surface area contributed by atoms with Crippen molar-refractivity contribution in [1.82, 2.24) is 14.7 Å². The van der Waals surface area contributed by atoms with Crippen LogP contribution in [0, 0.1) is 6.92 Å². The van der Waals surface area contributed by atoms with E-state index in [9.17, 15) is 18.3 Å². The summed E-state index contributed by atoms with van der Waals surface area (Å²) in [6.07, 6.45) is 2.10. The number of aryl methyl sites for hydroxylation is 1. The zero-order valence-electron chi connectivity index (χ0n) is 19.6. The number of nitrogens with one attached hydrogen (secondary N) is 2. The standard InChI is InChI=1S/C23H26N4O6S3/c1-12-15(21-22-13(3-5-32-21)4-6-34-22)9-19(35-12)20(29)16-10-25-11-26-23(16)27-14-7-17(28)18(8-14)33-36(30,31)24-2/h4,6,9-11,14,17-18,21,24,28H,3,5,7-8H2,1-2H3,(H,25,26,27)/t14-,17+,18-,21-/m1/s1. The molecule has 5 rings (SSSR count). The van der Waals surface area contributed by atoms with Crippen LogP contribution in [-0.4, -0.2) is 61.2 Å². The number of hydrogen-bond donors (Lipinski definition) is 3. The highest BCUT2D eigenvalue weighted by atomic mass is 32.2. The Morgan fingerprint density at radius 3 is 2.97 bits per heavy atom. The largest absolute Gasteiger partial charge is 0.390 e. The van der Waals surface area contributed by atoms with E-state index in [0.29, 0.717) is 22.9 Å². The van der Waals surface area contributed by atoms with Gasteiger partial charge in [0.15, 0.2) is 0 Å². The second kappa shape index (κ2) is 10.2. The summed E-state index contributed by atoms with van der Waals surface area (Å²) in [5, 5.41) is 15.5. The molecule has 3 aromatic heterocycles. The Hall–Kier alpha value is -2.26. The lowest BCUT2D eigenvalue weighted by Crippen LogP contribution is -2.31. The fourth-order valence-electron chi connectivity index (χ4n) is 4.59. The van der Waals surface area contributed by atoms with Gasteiger partial charge in [-0.3, -0.25) is 8.98 Å².